The van der Waals surface area contributed by atoms with Crippen molar-refractivity contribution in [2.24, 2.45) is 12.5 Å². The summed E-state index contributed by atoms with van der Waals surface area (Å²) in [5, 5.41) is 6.88. The van der Waals surface area contributed by atoms with E-state index in [0.717, 1.165) is 18.7 Å². The number of hydrogen-bond acceptors (Lipinski definition) is 3. The summed E-state index contributed by atoms with van der Waals surface area (Å²) < 4.78 is 1.72. The van der Waals surface area contributed by atoms with Crippen LogP contribution in [-0.2, 0) is 18.3 Å². The van der Waals surface area contributed by atoms with Crippen molar-refractivity contribution in [1.82, 2.24) is 20.1 Å². The molecule has 1 amide bonds. The molecule has 5 nitrogen and oxygen atoms in total. The predicted octanol–water partition coefficient (Wildman–Crippen LogP) is 1.30. The highest BCUT2D eigenvalue weighted by atomic mass is 16.1. The molecule has 0 aliphatic carbocycles. The van der Waals surface area contributed by atoms with Crippen LogP contribution in [0.5, 0.6) is 0 Å². The number of aromatic nitrogens is 3. The van der Waals surface area contributed by atoms with Gasteiger partial charge in [-0.2, -0.15) is 5.10 Å². The zero-order chi connectivity index (χ0) is 12.9. The first-order valence-electron chi connectivity index (χ1n) is 5.98. The molecule has 0 aliphatic heterocycles. The van der Waals surface area contributed by atoms with Crippen LogP contribution in [0.4, 0.5) is 0 Å². The summed E-state index contributed by atoms with van der Waals surface area (Å²) in [5.41, 5.74) is 0.209. The Balaban J connectivity index is 2.19. The van der Waals surface area contributed by atoms with Gasteiger partial charge in [0.15, 0.2) is 0 Å². The van der Waals surface area contributed by atoms with Crippen LogP contribution < -0.4 is 5.32 Å². The van der Waals surface area contributed by atoms with Gasteiger partial charge in [0, 0.05) is 26.4 Å². The summed E-state index contributed by atoms with van der Waals surface area (Å²) in [6.45, 7) is 7.04. The number of nitrogens with zero attached hydrogens (tertiary/aromatic N) is 3. The topological polar surface area (TPSA) is 59.8 Å². The predicted molar refractivity (Wildman–Crippen MR) is 66.4 cm³/mol. The van der Waals surface area contributed by atoms with Gasteiger partial charge in [-0.3, -0.25) is 9.48 Å². The van der Waals surface area contributed by atoms with E-state index < -0.39 is 0 Å². The maximum absolute atomic E-state index is 11.5. The number of nitrogens with one attached hydrogen (secondary N) is 1. The van der Waals surface area contributed by atoms with E-state index in [2.05, 4.69) is 36.2 Å². The average Bonchev–Trinajstić information content (AvgIpc) is 2.61. The molecule has 0 spiro atoms. The van der Waals surface area contributed by atoms with E-state index in [9.17, 15) is 4.79 Å². The summed E-state index contributed by atoms with van der Waals surface area (Å²) in [5.74, 6) is 1.00. The smallest absolute Gasteiger partial charge is 0.220 e. The van der Waals surface area contributed by atoms with Gasteiger partial charge >= 0.3 is 0 Å². The second-order valence-electron chi connectivity index (χ2n) is 5.46. The number of rotatable bonds is 5. The summed E-state index contributed by atoms with van der Waals surface area (Å²) in [6, 6.07) is 0. The number of amides is 1. The van der Waals surface area contributed by atoms with Gasteiger partial charge in [-0.1, -0.05) is 20.8 Å². The van der Waals surface area contributed by atoms with Crippen LogP contribution in [0.15, 0.2) is 6.33 Å². The van der Waals surface area contributed by atoms with E-state index in [0.29, 0.717) is 13.0 Å². The Bertz CT molecular complexity index is 365. The maximum atomic E-state index is 11.5. The van der Waals surface area contributed by atoms with Crippen molar-refractivity contribution >= 4 is 5.91 Å². The third-order valence-electron chi connectivity index (χ3n) is 2.58. The Kier molecular flexibility index (Phi) is 4.66. The van der Waals surface area contributed by atoms with Gasteiger partial charge in [0.2, 0.25) is 5.91 Å². The highest BCUT2D eigenvalue weighted by Crippen LogP contribution is 2.20. The van der Waals surface area contributed by atoms with Crippen molar-refractivity contribution in [1.29, 1.82) is 0 Å². The van der Waals surface area contributed by atoms with Crippen LogP contribution in [0.25, 0.3) is 0 Å². The zero-order valence-corrected chi connectivity index (χ0v) is 11.2. The summed E-state index contributed by atoms with van der Waals surface area (Å²) >= 11 is 0. The molecule has 1 heterocycles. The Hall–Kier alpha value is -1.39. The standard InChI is InChI=1S/C12H22N4O/c1-12(2,3)7-5-11(17)13-8-6-10-14-9-15-16(10)4/h9H,5-8H2,1-4H3,(H,13,17). The van der Waals surface area contributed by atoms with Gasteiger partial charge in [0.25, 0.3) is 0 Å². The largest absolute Gasteiger partial charge is 0.356 e. The van der Waals surface area contributed by atoms with E-state index in [1.807, 2.05) is 7.05 Å². The van der Waals surface area contributed by atoms with Crippen molar-refractivity contribution in [3.05, 3.63) is 12.2 Å². The van der Waals surface area contributed by atoms with E-state index >= 15 is 0 Å². The van der Waals surface area contributed by atoms with Crippen LogP contribution in [-0.4, -0.2) is 27.2 Å². The third kappa shape index (κ3) is 5.47. The van der Waals surface area contributed by atoms with Crippen LogP contribution >= 0.6 is 0 Å². The molecule has 0 aliphatic rings. The highest BCUT2D eigenvalue weighted by Gasteiger charge is 2.12. The monoisotopic (exact) mass is 238 g/mol. The molecule has 1 aromatic rings. The summed E-state index contributed by atoms with van der Waals surface area (Å²) in [6.07, 6.45) is 3.74. The molecule has 0 atom stereocenters. The maximum Gasteiger partial charge on any atom is 0.220 e. The Morgan fingerprint density at radius 3 is 2.71 bits per heavy atom. The van der Waals surface area contributed by atoms with Gasteiger partial charge in [0.05, 0.1) is 0 Å². The normalized spacial score (nSPS) is 11.5. The number of hydrogen-bond donors (Lipinski definition) is 1. The molecule has 0 saturated carbocycles. The second-order valence-corrected chi connectivity index (χ2v) is 5.46. The zero-order valence-electron chi connectivity index (χ0n) is 11.2. The summed E-state index contributed by atoms with van der Waals surface area (Å²) in [7, 11) is 1.85. The lowest BCUT2D eigenvalue weighted by atomic mass is 9.90. The van der Waals surface area contributed by atoms with Crippen LogP contribution in [0, 0.1) is 5.41 Å². The lowest BCUT2D eigenvalue weighted by molar-refractivity contribution is -0.121. The number of carbonyl (C=O) groups is 1. The Morgan fingerprint density at radius 1 is 1.47 bits per heavy atom. The highest BCUT2D eigenvalue weighted by molar-refractivity contribution is 5.75. The van der Waals surface area contributed by atoms with Crippen molar-refractivity contribution in [3.63, 3.8) is 0 Å². The minimum atomic E-state index is 0.113. The molecule has 0 fully saturated rings. The lowest BCUT2D eigenvalue weighted by Crippen LogP contribution is -2.27. The molecule has 5 heteroatoms. The molecule has 1 N–H and O–H groups in total. The molecular formula is C12H22N4O. The first-order valence-corrected chi connectivity index (χ1v) is 5.98. The van der Waals surface area contributed by atoms with Gasteiger partial charge in [-0.05, 0) is 11.8 Å². The molecular weight excluding hydrogens is 216 g/mol. The quantitative estimate of drug-likeness (QED) is 0.841. The molecule has 0 bridgehead atoms. The van der Waals surface area contributed by atoms with Crippen molar-refractivity contribution in [3.8, 4) is 0 Å². The number of aryl methyl sites for hydroxylation is 1. The molecule has 0 radical (unpaired) electrons. The first kappa shape index (κ1) is 13.7. The average molecular weight is 238 g/mol. The molecule has 96 valence electrons. The molecule has 0 saturated heterocycles. The lowest BCUT2D eigenvalue weighted by Gasteiger charge is -2.17. The SMILES string of the molecule is Cn1ncnc1CCNC(=O)CCC(C)(C)C. The van der Waals surface area contributed by atoms with Crippen molar-refractivity contribution < 1.29 is 4.79 Å². The fourth-order valence-electron chi connectivity index (χ4n) is 1.44. The van der Waals surface area contributed by atoms with Crippen molar-refractivity contribution in [2.75, 3.05) is 6.54 Å². The van der Waals surface area contributed by atoms with Crippen molar-refractivity contribution in [2.45, 2.75) is 40.0 Å². The Labute approximate surface area is 103 Å². The minimum absolute atomic E-state index is 0.113. The van der Waals surface area contributed by atoms with Gasteiger partial charge in [-0.25, -0.2) is 4.98 Å². The fourth-order valence-corrected chi connectivity index (χ4v) is 1.44. The molecule has 0 aromatic carbocycles. The minimum Gasteiger partial charge on any atom is -0.356 e. The van der Waals surface area contributed by atoms with Crippen LogP contribution in [0.1, 0.15) is 39.4 Å². The van der Waals surface area contributed by atoms with E-state index in [1.54, 1.807) is 4.68 Å². The molecule has 0 unspecified atom stereocenters. The molecule has 17 heavy (non-hydrogen) atoms. The van der Waals surface area contributed by atoms with Gasteiger partial charge in [-0.15, -0.1) is 0 Å². The second kappa shape index (κ2) is 5.80. The third-order valence-corrected chi connectivity index (χ3v) is 2.58. The van der Waals surface area contributed by atoms with E-state index in [-0.39, 0.29) is 11.3 Å². The molecule has 1 aromatic heterocycles. The summed E-state index contributed by atoms with van der Waals surface area (Å²) in [4.78, 5) is 15.6. The fraction of sp³-hybridized carbons (Fsp3) is 0.750. The van der Waals surface area contributed by atoms with Gasteiger partial charge in [0.1, 0.15) is 12.2 Å². The van der Waals surface area contributed by atoms with Crippen LogP contribution in [0.3, 0.4) is 0 Å². The van der Waals surface area contributed by atoms with Gasteiger partial charge < -0.3 is 5.32 Å². The van der Waals surface area contributed by atoms with E-state index in [1.165, 1.54) is 6.33 Å². The van der Waals surface area contributed by atoms with Crippen LogP contribution in [0.2, 0.25) is 0 Å². The Morgan fingerprint density at radius 2 is 2.18 bits per heavy atom. The first-order chi connectivity index (χ1) is 7.88. The van der Waals surface area contributed by atoms with E-state index in [4.69, 9.17) is 0 Å². The molecule has 1 rings (SSSR count). The number of carbonyl (C=O) groups excluding carboxylic acids is 1.